The van der Waals surface area contributed by atoms with E-state index in [0.29, 0.717) is 0 Å². The van der Waals surface area contributed by atoms with Crippen molar-refractivity contribution >= 4 is 11.4 Å². The summed E-state index contributed by atoms with van der Waals surface area (Å²) in [5.74, 6) is 0. The molecule has 0 aliphatic rings. The average Bonchev–Trinajstić information content (AvgIpc) is 2.61. The van der Waals surface area contributed by atoms with Crippen LogP contribution in [0.25, 0.3) is 0 Å². The fourth-order valence-electron chi connectivity index (χ4n) is 2.93. The topological polar surface area (TPSA) is 3.24 Å². The molecule has 0 fully saturated rings. The maximum atomic E-state index is 2.38. The number of para-hydroxylation sites is 1. The van der Waals surface area contributed by atoms with Gasteiger partial charge in [0.25, 0.3) is 0 Å². The lowest BCUT2D eigenvalue weighted by Crippen LogP contribution is -2.16. The van der Waals surface area contributed by atoms with Crippen LogP contribution in [0, 0.1) is 6.92 Å². The van der Waals surface area contributed by atoms with E-state index in [-0.39, 0.29) is 0 Å². The predicted molar refractivity (Wildman–Crippen MR) is 107 cm³/mol. The number of benzene rings is 2. The standard InChI is InChI=1S/C23H31N/c1-3-4-5-6-7-8-9-13-19-24(22-16-11-10-12-17-22)23-18-14-15-21(2)20-23/h9-18,20H,3-8,19H2,1-2H3/b13-9+. The molecule has 0 spiro atoms. The number of rotatable bonds is 10. The van der Waals surface area contributed by atoms with E-state index in [0.717, 1.165) is 6.54 Å². The van der Waals surface area contributed by atoms with Crippen LogP contribution >= 0.6 is 0 Å². The van der Waals surface area contributed by atoms with Crippen LogP contribution in [0.4, 0.5) is 11.4 Å². The van der Waals surface area contributed by atoms with Crippen LogP contribution in [-0.2, 0) is 0 Å². The minimum absolute atomic E-state index is 0.919. The summed E-state index contributed by atoms with van der Waals surface area (Å²) in [5, 5.41) is 0. The molecule has 1 heteroatoms. The smallest absolute Gasteiger partial charge is 0.0416 e. The number of hydrogen-bond donors (Lipinski definition) is 0. The highest BCUT2D eigenvalue weighted by molar-refractivity contribution is 5.64. The van der Waals surface area contributed by atoms with E-state index in [1.54, 1.807) is 0 Å². The zero-order valence-electron chi connectivity index (χ0n) is 15.2. The summed E-state index contributed by atoms with van der Waals surface area (Å²) in [6, 6.07) is 19.4. The Bertz CT molecular complexity index is 600. The Kier molecular flexibility index (Phi) is 8.17. The minimum Gasteiger partial charge on any atom is -0.338 e. The fourth-order valence-corrected chi connectivity index (χ4v) is 2.93. The van der Waals surface area contributed by atoms with Gasteiger partial charge in [0.2, 0.25) is 0 Å². The Hall–Kier alpha value is -2.02. The van der Waals surface area contributed by atoms with Crippen LogP contribution in [0.3, 0.4) is 0 Å². The van der Waals surface area contributed by atoms with Crippen LogP contribution in [-0.4, -0.2) is 6.54 Å². The SMILES string of the molecule is CCCCCCC/C=C/CN(c1ccccc1)c1cccc(C)c1. The molecule has 0 N–H and O–H groups in total. The number of hydrogen-bond acceptors (Lipinski definition) is 1. The van der Waals surface area contributed by atoms with Crippen molar-refractivity contribution in [2.75, 3.05) is 11.4 Å². The zero-order chi connectivity index (χ0) is 17.0. The van der Waals surface area contributed by atoms with E-state index in [2.05, 4.69) is 85.5 Å². The first-order valence-electron chi connectivity index (χ1n) is 9.35. The molecule has 0 atom stereocenters. The summed E-state index contributed by atoms with van der Waals surface area (Å²) in [4.78, 5) is 2.38. The number of nitrogens with zero attached hydrogens (tertiary/aromatic N) is 1. The Morgan fingerprint density at radius 2 is 1.54 bits per heavy atom. The van der Waals surface area contributed by atoms with Crippen LogP contribution in [0.5, 0.6) is 0 Å². The van der Waals surface area contributed by atoms with Crippen LogP contribution in [0.1, 0.15) is 51.0 Å². The van der Waals surface area contributed by atoms with Gasteiger partial charge in [-0.2, -0.15) is 0 Å². The molecule has 0 bridgehead atoms. The Labute approximate surface area is 148 Å². The van der Waals surface area contributed by atoms with Crippen molar-refractivity contribution in [3.8, 4) is 0 Å². The highest BCUT2D eigenvalue weighted by atomic mass is 15.1. The quantitative estimate of drug-likeness (QED) is 0.335. The first kappa shape index (κ1) is 18.3. The summed E-state index contributed by atoms with van der Waals surface area (Å²) in [6.45, 7) is 5.34. The monoisotopic (exact) mass is 321 g/mol. The largest absolute Gasteiger partial charge is 0.338 e. The zero-order valence-corrected chi connectivity index (χ0v) is 15.2. The summed E-state index contributed by atoms with van der Waals surface area (Å²) in [6.07, 6.45) is 12.6. The molecule has 0 radical (unpaired) electrons. The van der Waals surface area contributed by atoms with E-state index >= 15 is 0 Å². The van der Waals surface area contributed by atoms with E-state index < -0.39 is 0 Å². The second-order valence-corrected chi connectivity index (χ2v) is 6.46. The van der Waals surface area contributed by atoms with Crippen molar-refractivity contribution < 1.29 is 0 Å². The molecule has 128 valence electrons. The Morgan fingerprint density at radius 3 is 2.29 bits per heavy atom. The van der Waals surface area contributed by atoms with Gasteiger partial charge in [0.05, 0.1) is 0 Å². The van der Waals surface area contributed by atoms with E-state index in [9.17, 15) is 0 Å². The van der Waals surface area contributed by atoms with Gasteiger partial charge in [0.15, 0.2) is 0 Å². The molecule has 0 heterocycles. The summed E-state index contributed by atoms with van der Waals surface area (Å²) < 4.78 is 0. The van der Waals surface area contributed by atoms with Gasteiger partial charge < -0.3 is 4.90 Å². The number of allylic oxidation sites excluding steroid dienone is 1. The molecule has 0 aliphatic heterocycles. The number of aryl methyl sites for hydroxylation is 1. The van der Waals surface area contributed by atoms with Crippen molar-refractivity contribution in [3.63, 3.8) is 0 Å². The number of unbranched alkanes of at least 4 members (excludes halogenated alkanes) is 5. The third kappa shape index (κ3) is 6.23. The third-order valence-electron chi connectivity index (χ3n) is 4.31. The average molecular weight is 322 g/mol. The van der Waals surface area contributed by atoms with Gasteiger partial charge >= 0.3 is 0 Å². The van der Waals surface area contributed by atoms with E-state index in [4.69, 9.17) is 0 Å². The van der Waals surface area contributed by atoms with Gasteiger partial charge in [-0.25, -0.2) is 0 Å². The third-order valence-corrected chi connectivity index (χ3v) is 4.31. The van der Waals surface area contributed by atoms with Crippen molar-refractivity contribution in [1.29, 1.82) is 0 Å². The van der Waals surface area contributed by atoms with Crippen LogP contribution in [0.2, 0.25) is 0 Å². The summed E-state index contributed by atoms with van der Waals surface area (Å²) in [7, 11) is 0. The van der Waals surface area contributed by atoms with Gasteiger partial charge in [-0.1, -0.05) is 75.1 Å². The van der Waals surface area contributed by atoms with Crippen LogP contribution in [0.15, 0.2) is 66.7 Å². The van der Waals surface area contributed by atoms with E-state index in [1.165, 1.54) is 55.5 Å². The summed E-state index contributed by atoms with van der Waals surface area (Å²) in [5.41, 5.74) is 3.80. The highest BCUT2D eigenvalue weighted by Gasteiger charge is 2.07. The second kappa shape index (κ2) is 10.7. The molecule has 0 amide bonds. The molecular formula is C23H31N. The maximum Gasteiger partial charge on any atom is 0.0416 e. The molecule has 0 saturated carbocycles. The lowest BCUT2D eigenvalue weighted by molar-refractivity contribution is 0.637. The van der Waals surface area contributed by atoms with Gasteiger partial charge in [-0.3, -0.25) is 0 Å². The first-order valence-corrected chi connectivity index (χ1v) is 9.35. The van der Waals surface area contributed by atoms with Gasteiger partial charge in [0.1, 0.15) is 0 Å². The van der Waals surface area contributed by atoms with Crippen molar-refractivity contribution in [1.82, 2.24) is 0 Å². The molecule has 2 aromatic rings. The molecule has 0 unspecified atom stereocenters. The van der Waals surface area contributed by atoms with Crippen molar-refractivity contribution in [2.45, 2.75) is 52.4 Å². The van der Waals surface area contributed by atoms with Crippen molar-refractivity contribution in [2.24, 2.45) is 0 Å². The molecule has 0 aromatic heterocycles. The van der Waals surface area contributed by atoms with Gasteiger partial charge in [-0.15, -0.1) is 0 Å². The lowest BCUT2D eigenvalue weighted by Gasteiger charge is -2.24. The lowest BCUT2D eigenvalue weighted by atomic mass is 10.1. The normalized spacial score (nSPS) is 11.1. The van der Waals surface area contributed by atoms with E-state index in [1.807, 2.05) is 0 Å². The Balaban J connectivity index is 1.95. The van der Waals surface area contributed by atoms with Crippen molar-refractivity contribution in [3.05, 3.63) is 72.3 Å². The molecule has 0 saturated heterocycles. The van der Waals surface area contributed by atoms with Gasteiger partial charge in [-0.05, 0) is 49.6 Å². The molecule has 24 heavy (non-hydrogen) atoms. The molecule has 1 nitrogen and oxygen atoms in total. The Morgan fingerprint density at radius 1 is 0.792 bits per heavy atom. The van der Waals surface area contributed by atoms with Crippen LogP contribution < -0.4 is 4.90 Å². The highest BCUT2D eigenvalue weighted by Crippen LogP contribution is 2.25. The maximum absolute atomic E-state index is 2.38. The number of anilines is 2. The predicted octanol–water partition coefficient (Wildman–Crippen LogP) is 7.05. The molecule has 0 aliphatic carbocycles. The minimum atomic E-state index is 0.919. The van der Waals surface area contributed by atoms with Gasteiger partial charge in [0, 0.05) is 17.9 Å². The summed E-state index contributed by atoms with van der Waals surface area (Å²) >= 11 is 0. The first-order chi connectivity index (χ1) is 11.8. The molecular weight excluding hydrogens is 290 g/mol. The second-order valence-electron chi connectivity index (χ2n) is 6.46. The molecule has 2 aromatic carbocycles. The molecule has 2 rings (SSSR count). The fraction of sp³-hybridized carbons (Fsp3) is 0.391.